The summed E-state index contributed by atoms with van der Waals surface area (Å²) >= 11 is 0. The van der Waals surface area contributed by atoms with Crippen LogP contribution in [0.2, 0.25) is 0 Å². The third-order valence-electron chi connectivity index (χ3n) is 6.15. The molecule has 0 bridgehead atoms. The molecule has 4 rings (SSSR count). The summed E-state index contributed by atoms with van der Waals surface area (Å²) in [6.45, 7) is 6.90. The summed E-state index contributed by atoms with van der Waals surface area (Å²) in [6, 6.07) is 7.73. The van der Waals surface area contributed by atoms with Crippen molar-refractivity contribution in [1.29, 1.82) is 0 Å². The Morgan fingerprint density at radius 2 is 2.17 bits per heavy atom. The van der Waals surface area contributed by atoms with Gasteiger partial charge in [0.1, 0.15) is 11.6 Å². The molecular formula is C26H31N4O4P. The van der Waals surface area contributed by atoms with Crippen LogP contribution in [-0.4, -0.2) is 47.7 Å². The van der Waals surface area contributed by atoms with Gasteiger partial charge >= 0.3 is 11.8 Å². The van der Waals surface area contributed by atoms with E-state index in [4.69, 9.17) is 9.15 Å². The van der Waals surface area contributed by atoms with Crippen molar-refractivity contribution in [3.63, 3.8) is 0 Å². The summed E-state index contributed by atoms with van der Waals surface area (Å²) in [7, 11) is 2.16. The molecule has 0 saturated carbocycles. The molecule has 35 heavy (non-hydrogen) atoms. The summed E-state index contributed by atoms with van der Waals surface area (Å²) in [5.41, 5.74) is 1.83. The molecule has 184 valence electrons. The average Bonchev–Trinajstić information content (AvgIpc) is 3.22. The molecule has 8 nitrogen and oxygen atoms in total. The molecule has 9 heteroatoms. The number of allylic oxidation sites excluding steroid dienone is 1. The fraction of sp³-hybridized carbons (Fsp3) is 0.346. The fourth-order valence-corrected chi connectivity index (χ4v) is 5.34. The maximum atomic E-state index is 12.9. The predicted molar refractivity (Wildman–Crippen MR) is 142 cm³/mol. The van der Waals surface area contributed by atoms with Crippen molar-refractivity contribution in [2.75, 3.05) is 26.4 Å². The molecule has 2 aliphatic rings. The minimum absolute atomic E-state index is 0.0256. The van der Waals surface area contributed by atoms with Crippen molar-refractivity contribution in [3.05, 3.63) is 70.7 Å². The van der Waals surface area contributed by atoms with E-state index in [9.17, 15) is 9.59 Å². The van der Waals surface area contributed by atoms with E-state index < -0.39 is 0 Å². The molecule has 1 aromatic heterocycles. The van der Waals surface area contributed by atoms with E-state index in [1.54, 1.807) is 22.7 Å². The van der Waals surface area contributed by atoms with Crippen LogP contribution >= 0.6 is 8.58 Å². The summed E-state index contributed by atoms with van der Waals surface area (Å²) < 4.78 is 12.4. The minimum atomic E-state index is -0.380. The number of rotatable bonds is 6. The van der Waals surface area contributed by atoms with Crippen LogP contribution in [0.1, 0.15) is 49.2 Å². The molecule has 2 aromatic rings. The Morgan fingerprint density at radius 1 is 1.37 bits per heavy atom. The molecule has 2 amide bonds. The van der Waals surface area contributed by atoms with E-state index >= 15 is 0 Å². The molecule has 0 radical (unpaired) electrons. The number of urea groups is 1. The Kier molecular flexibility index (Phi) is 8.03. The number of methoxy groups -OCH3 is 1. The van der Waals surface area contributed by atoms with Crippen LogP contribution in [0.5, 0.6) is 5.75 Å². The monoisotopic (exact) mass is 494 g/mol. The number of hydrogen-bond acceptors (Lipinski definition) is 5. The lowest BCUT2D eigenvalue weighted by molar-refractivity contribution is 0.174. The van der Waals surface area contributed by atoms with Gasteiger partial charge in [-0.15, -0.1) is 0 Å². The number of hydrogen-bond donors (Lipinski definition) is 1. The number of nitrogens with zero attached hydrogens (tertiary/aromatic N) is 3. The maximum Gasteiger partial charge on any atom is 0.420 e. The number of ether oxygens (including phenoxy) is 1. The first-order chi connectivity index (χ1) is 17.0. The van der Waals surface area contributed by atoms with Gasteiger partial charge in [-0.05, 0) is 54.4 Å². The summed E-state index contributed by atoms with van der Waals surface area (Å²) in [5.74, 6) is 1.59. The number of amides is 2. The number of piperidine rings is 1. The molecule has 2 aliphatic heterocycles. The Balaban J connectivity index is 1.37. The van der Waals surface area contributed by atoms with Gasteiger partial charge in [-0.25, -0.2) is 14.6 Å². The molecule has 1 aromatic carbocycles. The first-order valence-electron chi connectivity index (χ1n) is 11.8. The van der Waals surface area contributed by atoms with E-state index in [0.29, 0.717) is 52.3 Å². The van der Waals surface area contributed by atoms with E-state index in [0.717, 1.165) is 28.7 Å². The van der Waals surface area contributed by atoms with E-state index in [1.807, 2.05) is 49.5 Å². The zero-order chi connectivity index (χ0) is 24.8. The summed E-state index contributed by atoms with van der Waals surface area (Å²) in [4.78, 5) is 31.7. The van der Waals surface area contributed by atoms with Crippen LogP contribution in [0.15, 0.2) is 57.3 Å². The molecule has 1 atom stereocenters. The largest absolute Gasteiger partial charge is 0.497 e. The zero-order valence-electron chi connectivity index (χ0n) is 20.1. The van der Waals surface area contributed by atoms with Crippen molar-refractivity contribution in [2.24, 2.45) is 4.99 Å². The Hall–Kier alpha value is -3.38. The topological polar surface area (TPSA) is 89.1 Å². The number of benzene rings is 1. The van der Waals surface area contributed by atoms with Crippen LogP contribution in [0.25, 0.3) is 17.5 Å². The van der Waals surface area contributed by atoms with Gasteiger partial charge in [0.2, 0.25) is 0 Å². The number of carbonyl (C=O) groups excluding carboxylic acids is 1. The Bertz CT molecular complexity index is 1230. The molecular weight excluding hydrogens is 463 g/mol. The highest BCUT2D eigenvalue weighted by Gasteiger charge is 2.28. The quantitative estimate of drug-likeness (QED) is 0.576. The van der Waals surface area contributed by atoms with Gasteiger partial charge in [0.25, 0.3) is 0 Å². The van der Waals surface area contributed by atoms with E-state index in [-0.39, 0.29) is 17.8 Å². The second-order valence-electron chi connectivity index (χ2n) is 8.35. The molecule has 1 saturated heterocycles. The molecule has 1 fully saturated rings. The lowest BCUT2D eigenvalue weighted by atomic mass is 10.0. The maximum absolute atomic E-state index is 12.9. The lowest BCUT2D eigenvalue weighted by Gasteiger charge is -2.32. The number of likely N-dealkylation sites (tertiary alicyclic amines) is 1. The Morgan fingerprint density at radius 3 is 2.83 bits per heavy atom. The van der Waals surface area contributed by atoms with Crippen LogP contribution in [0, 0.1) is 0 Å². The number of carbonyl (C=O) groups is 1. The van der Waals surface area contributed by atoms with Crippen LogP contribution in [0.4, 0.5) is 4.79 Å². The van der Waals surface area contributed by atoms with Crippen LogP contribution in [0.3, 0.4) is 0 Å². The summed E-state index contributed by atoms with van der Waals surface area (Å²) in [6.07, 6.45) is 10.2. The van der Waals surface area contributed by atoms with Crippen molar-refractivity contribution in [2.45, 2.75) is 32.2 Å². The van der Waals surface area contributed by atoms with E-state index in [2.05, 4.69) is 16.9 Å². The molecule has 3 heterocycles. The highest BCUT2D eigenvalue weighted by atomic mass is 31.1. The van der Waals surface area contributed by atoms with Crippen molar-refractivity contribution in [1.82, 2.24) is 14.8 Å². The molecule has 1 N–H and O–H groups in total. The third-order valence-corrected chi connectivity index (χ3v) is 7.46. The van der Waals surface area contributed by atoms with Gasteiger partial charge in [0.05, 0.1) is 12.8 Å². The number of aromatic nitrogens is 1. The first-order valence-corrected chi connectivity index (χ1v) is 13.0. The van der Waals surface area contributed by atoms with Gasteiger partial charge in [0.15, 0.2) is 5.76 Å². The Labute approximate surface area is 206 Å². The zero-order valence-corrected chi connectivity index (χ0v) is 21.1. The van der Waals surface area contributed by atoms with Crippen molar-refractivity contribution >= 4 is 37.9 Å². The van der Waals surface area contributed by atoms with Crippen LogP contribution in [-0.2, 0) is 0 Å². The summed E-state index contributed by atoms with van der Waals surface area (Å²) in [5, 5.41) is 4.10. The third kappa shape index (κ3) is 5.65. The lowest BCUT2D eigenvalue weighted by Crippen LogP contribution is -2.47. The fourth-order valence-electron chi connectivity index (χ4n) is 4.28. The van der Waals surface area contributed by atoms with Gasteiger partial charge in [-0.3, -0.25) is 9.88 Å². The number of nitrogens with one attached hydrogen (secondary N) is 1. The second kappa shape index (κ2) is 11.4. The highest BCUT2D eigenvalue weighted by Crippen LogP contribution is 2.37. The van der Waals surface area contributed by atoms with Crippen molar-refractivity contribution in [3.8, 4) is 5.75 Å². The van der Waals surface area contributed by atoms with Gasteiger partial charge in [-0.1, -0.05) is 40.3 Å². The standard InChI is InChI=1S/C26H31N4O4P/c1-4-6-10-21-22(5-2)34-26(32)30(21)19-11-13-29(14-12-19)25(31)28-24-17-35-23(16-27-24)18-8-7-9-20(15-18)33-3/h5-10,15-16,19,35H,2,4,11-14,17H2,1,3H3,(H,27,28,31)/b10-6-. The number of oxazole rings is 1. The number of amidine groups is 1. The predicted octanol–water partition coefficient (Wildman–Crippen LogP) is 4.95. The first kappa shape index (κ1) is 24.7. The normalized spacial score (nSPS) is 17.4. The molecule has 1 unspecified atom stereocenters. The smallest absolute Gasteiger partial charge is 0.420 e. The average molecular weight is 495 g/mol. The second-order valence-corrected chi connectivity index (χ2v) is 9.60. The molecule has 0 aliphatic carbocycles. The highest BCUT2D eigenvalue weighted by molar-refractivity contribution is 7.51. The molecule has 0 spiro atoms. The van der Waals surface area contributed by atoms with Gasteiger partial charge < -0.3 is 14.1 Å². The van der Waals surface area contributed by atoms with Gasteiger partial charge in [-0.2, -0.15) is 0 Å². The number of aliphatic imine (C=N–C) groups is 1. The van der Waals surface area contributed by atoms with E-state index in [1.165, 1.54) is 0 Å². The van der Waals surface area contributed by atoms with Crippen LogP contribution < -0.4 is 15.8 Å². The van der Waals surface area contributed by atoms with Gasteiger partial charge in [0, 0.05) is 31.5 Å². The minimum Gasteiger partial charge on any atom is -0.497 e. The van der Waals surface area contributed by atoms with Crippen molar-refractivity contribution < 1.29 is 13.9 Å². The SMILES string of the molecule is C=Cc1oc(=O)n(C2CCN(C(=O)NC3=NC=C(c4cccc(OC)c4)PC3)CC2)c1/C=C\CC.